The SMILES string of the molecule is COc1ccc(-n2c(C)cc(C(=O)N3CCc4sccc4C3)c2C)cc1. The number of hydrogen-bond acceptors (Lipinski definition) is 3. The minimum absolute atomic E-state index is 0.120. The van der Waals surface area contributed by atoms with Crippen LogP contribution in [0.3, 0.4) is 0 Å². The van der Waals surface area contributed by atoms with E-state index in [1.54, 1.807) is 18.4 Å². The minimum Gasteiger partial charge on any atom is -0.497 e. The topological polar surface area (TPSA) is 34.5 Å². The van der Waals surface area contributed by atoms with Crippen molar-refractivity contribution in [2.45, 2.75) is 26.8 Å². The Kier molecular flexibility index (Phi) is 4.32. The average molecular weight is 366 g/mol. The summed E-state index contributed by atoms with van der Waals surface area (Å²) in [6.45, 7) is 5.56. The van der Waals surface area contributed by atoms with Crippen LogP contribution in [0.1, 0.15) is 32.2 Å². The second kappa shape index (κ2) is 6.65. The predicted octanol–water partition coefficient (Wildman–Crippen LogP) is 4.36. The van der Waals surface area contributed by atoms with Crippen molar-refractivity contribution >= 4 is 17.2 Å². The van der Waals surface area contributed by atoms with E-state index in [0.717, 1.165) is 41.4 Å². The van der Waals surface area contributed by atoms with E-state index < -0.39 is 0 Å². The number of thiophene rings is 1. The second-order valence-electron chi connectivity index (χ2n) is 6.66. The maximum Gasteiger partial charge on any atom is 0.256 e. The number of aromatic nitrogens is 1. The van der Waals surface area contributed by atoms with E-state index in [1.807, 2.05) is 49.1 Å². The van der Waals surface area contributed by atoms with Crippen LogP contribution in [-0.4, -0.2) is 29.0 Å². The number of benzene rings is 1. The average Bonchev–Trinajstić information content (AvgIpc) is 3.24. The molecule has 0 radical (unpaired) electrons. The Morgan fingerprint density at radius 2 is 1.92 bits per heavy atom. The van der Waals surface area contributed by atoms with E-state index in [4.69, 9.17) is 4.74 Å². The molecule has 2 aromatic heterocycles. The smallest absolute Gasteiger partial charge is 0.256 e. The van der Waals surface area contributed by atoms with Gasteiger partial charge in [0.1, 0.15) is 5.75 Å². The number of rotatable bonds is 3. The minimum atomic E-state index is 0.120. The number of carbonyl (C=O) groups excluding carboxylic acids is 1. The number of amides is 1. The molecule has 1 aromatic carbocycles. The van der Waals surface area contributed by atoms with Gasteiger partial charge in [0.2, 0.25) is 0 Å². The first-order chi connectivity index (χ1) is 12.6. The van der Waals surface area contributed by atoms with E-state index in [0.29, 0.717) is 6.54 Å². The van der Waals surface area contributed by atoms with Crippen molar-refractivity contribution in [2.75, 3.05) is 13.7 Å². The summed E-state index contributed by atoms with van der Waals surface area (Å²) in [4.78, 5) is 16.5. The molecule has 26 heavy (non-hydrogen) atoms. The van der Waals surface area contributed by atoms with Gasteiger partial charge in [-0.25, -0.2) is 0 Å². The molecule has 4 nitrogen and oxygen atoms in total. The maximum atomic E-state index is 13.1. The van der Waals surface area contributed by atoms with Crippen molar-refractivity contribution < 1.29 is 9.53 Å². The Labute approximate surface area is 157 Å². The molecule has 0 spiro atoms. The van der Waals surface area contributed by atoms with Crippen molar-refractivity contribution in [2.24, 2.45) is 0 Å². The highest BCUT2D eigenvalue weighted by molar-refractivity contribution is 7.10. The van der Waals surface area contributed by atoms with Crippen LogP contribution in [-0.2, 0) is 13.0 Å². The summed E-state index contributed by atoms with van der Waals surface area (Å²) in [6, 6.07) is 12.1. The number of nitrogens with zero attached hydrogens (tertiary/aromatic N) is 2. The van der Waals surface area contributed by atoms with E-state index >= 15 is 0 Å². The Hall–Kier alpha value is -2.53. The largest absolute Gasteiger partial charge is 0.497 e. The fourth-order valence-electron chi connectivity index (χ4n) is 3.70. The van der Waals surface area contributed by atoms with Crippen LogP contribution in [0.2, 0.25) is 0 Å². The summed E-state index contributed by atoms with van der Waals surface area (Å²) in [5.74, 6) is 0.946. The van der Waals surface area contributed by atoms with Crippen LogP contribution in [0.25, 0.3) is 5.69 Å². The van der Waals surface area contributed by atoms with Crippen LogP contribution >= 0.6 is 11.3 Å². The Bertz CT molecular complexity index is 953. The van der Waals surface area contributed by atoms with Crippen LogP contribution in [0.15, 0.2) is 41.8 Å². The van der Waals surface area contributed by atoms with Gasteiger partial charge < -0.3 is 14.2 Å². The summed E-state index contributed by atoms with van der Waals surface area (Å²) >= 11 is 1.79. The molecule has 1 aliphatic heterocycles. The molecule has 1 amide bonds. The van der Waals surface area contributed by atoms with E-state index in [2.05, 4.69) is 16.0 Å². The molecule has 0 unspecified atom stereocenters. The van der Waals surface area contributed by atoms with Crippen molar-refractivity contribution in [3.63, 3.8) is 0 Å². The molecule has 0 atom stereocenters. The van der Waals surface area contributed by atoms with Gasteiger partial charge in [-0.2, -0.15) is 0 Å². The first-order valence-electron chi connectivity index (χ1n) is 8.76. The molecule has 3 heterocycles. The normalized spacial score (nSPS) is 13.6. The highest BCUT2D eigenvalue weighted by Gasteiger charge is 2.25. The van der Waals surface area contributed by atoms with E-state index in [1.165, 1.54) is 10.4 Å². The molecule has 0 N–H and O–H groups in total. The third kappa shape index (κ3) is 2.82. The summed E-state index contributed by atoms with van der Waals surface area (Å²) in [5, 5.41) is 2.12. The van der Waals surface area contributed by atoms with Crippen molar-refractivity contribution in [3.05, 3.63) is 69.2 Å². The lowest BCUT2D eigenvalue weighted by atomic mass is 10.1. The van der Waals surface area contributed by atoms with Crippen molar-refractivity contribution in [1.29, 1.82) is 0 Å². The quantitative estimate of drug-likeness (QED) is 0.690. The number of carbonyl (C=O) groups is 1. The molecule has 0 bridgehead atoms. The van der Waals surface area contributed by atoms with Gasteiger partial charge >= 0.3 is 0 Å². The number of hydrogen-bond donors (Lipinski definition) is 0. The van der Waals surface area contributed by atoms with Gasteiger partial charge in [-0.05, 0) is 67.6 Å². The third-order valence-corrected chi connectivity index (χ3v) is 6.11. The molecular weight excluding hydrogens is 344 g/mol. The van der Waals surface area contributed by atoms with Crippen molar-refractivity contribution in [3.8, 4) is 11.4 Å². The molecule has 0 saturated heterocycles. The van der Waals surface area contributed by atoms with Crippen LogP contribution in [0.5, 0.6) is 5.75 Å². The first kappa shape index (κ1) is 16.9. The summed E-state index contributed by atoms with van der Waals surface area (Å²) in [7, 11) is 1.66. The Morgan fingerprint density at radius 3 is 2.65 bits per heavy atom. The van der Waals surface area contributed by atoms with Gasteiger partial charge in [0, 0.05) is 35.0 Å². The monoisotopic (exact) mass is 366 g/mol. The lowest BCUT2D eigenvalue weighted by Crippen LogP contribution is -2.35. The summed E-state index contributed by atoms with van der Waals surface area (Å²) in [6.07, 6.45) is 0.954. The standard InChI is InChI=1S/C21H22N2O2S/c1-14-12-19(15(2)23(14)17-4-6-18(25-3)7-5-17)21(24)22-10-8-20-16(13-22)9-11-26-20/h4-7,9,11-12H,8,10,13H2,1-3H3. The zero-order valence-electron chi connectivity index (χ0n) is 15.3. The number of aryl methyl sites for hydroxylation is 1. The molecular formula is C21H22N2O2S. The second-order valence-corrected chi connectivity index (χ2v) is 7.66. The fourth-order valence-corrected chi connectivity index (χ4v) is 4.59. The number of ether oxygens (including phenoxy) is 1. The Balaban J connectivity index is 1.64. The first-order valence-corrected chi connectivity index (χ1v) is 9.64. The highest BCUT2D eigenvalue weighted by Crippen LogP contribution is 2.28. The van der Waals surface area contributed by atoms with Gasteiger partial charge in [0.15, 0.2) is 0 Å². The van der Waals surface area contributed by atoms with Gasteiger partial charge in [0.25, 0.3) is 5.91 Å². The molecule has 3 aromatic rings. The van der Waals surface area contributed by atoms with E-state index in [-0.39, 0.29) is 5.91 Å². The molecule has 0 fully saturated rings. The molecule has 0 aliphatic carbocycles. The highest BCUT2D eigenvalue weighted by atomic mass is 32.1. The van der Waals surface area contributed by atoms with E-state index in [9.17, 15) is 4.79 Å². The molecule has 4 rings (SSSR count). The lowest BCUT2D eigenvalue weighted by Gasteiger charge is -2.27. The van der Waals surface area contributed by atoms with Crippen LogP contribution in [0.4, 0.5) is 0 Å². The number of fused-ring (bicyclic) bond motifs is 1. The van der Waals surface area contributed by atoms with Gasteiger partial charge in [-0.3, -0.25) is 4.79 Å². The summed E-state index contributed by atoms with van der Waals surface area (Å²) in [5.41, 5.74) is 5.16. The van der Waals surface area contributed by atoms with Crippen LogP contribution < -0.4 is 4.74 Å². The molecule has 0 saturated carbocycles. The third-order valence-electron chi connectivity index (χ3n) is 5.09. The maximum absolute atomic E-state index is 13.1. The summed E-state index contributed by atoms with van der Waals surface area (Å²) < 4.78 is 7.37. The van der Waals surface area contributed by atoms with Gasteiger partial charge in [-0.1, -0.05) is 0 Å². The van der Waals surface area contributed by atoms with Gasteiger partial charge in [0.05, 0.1) is 12.7 Å². The zero-order chi connectivity index (χ0) is 18.3. The lowest BCUT2D eigenvalue weighted by molar-refractivity contribution is 0.0735. The Morgan fingerprint density at radius 1 is 1.15 bits per heavy atom. The van der Waals surface area contributed by atoms with Crippen LogP contribution in [0, 0.1) is 13.8 Å². The van der Waals surface area contributed by atoms with Crippen molar-refractivity contribution in [1.82, 2.24) is 9.47 Å². The zero-order valence-corrected chi connectivity index (χ0v) is 16.1. The molecule has 134 valence electrons. The number of methoxy groups -OCH3 is 1. The molecule has 1 aliphatic rings. The van der Waals surface area contributed by atoms with Gasteiger partial charge in [-0.15, -0.1) is 11.3 Å². The predicted molar refractivity (Wildman–Crippen MR) is 105 cm³/mol. The molecule has 5 heteroatoms. The fraction of sp³-hybridized carbons (Fsp3) is 0.286.